The summed E-state index contributed by atoms with van der Waals surface area (Å²) in [6, 6.07) is 14.3. The first-order valence-corrected chi connectivity index (χ1v) is 6.67. The lowest BCUT2D eigenvalue weighted by molar-refractivity contribution is -0.137. The Kier molecular flexibility index (Phi) is 5.04. The molecule has 6 heteroatoms. The van der Waals surface area contributed by atoms with Crippen LogP contribution in [-0.4, -0.2) is 12.5 Å². The Balaban J connectivity index is 1.89. The van der Waals surface area contributed by atoms with Crippen molar-refractivity contribution in [3.8, 4) is 0 Å². The van der Waals surface area contributed by atoms with Gasteiger partial charge in [0.05, 0.1) is 12.1 Å². The van der Waals surface area contributed by atoms with Crippen molar-refractivity contribution < 1.29 is 18.0 Å². The Morgan fingerprint density at radius 3 is 2.27 bits per heavy atom. The van der Waals surface area contributed by atoms with Gasteiger partial charge < -0.3 is 10.6 Å². The van der Waals surface area contributed by atoms with E-state index in [2.05, 4.69) is 10.6 Å². The molecule has 2 N–H and O–H groups in total. The quantitative estimate of drug-likeness (QED) is 0.888. The average molecular weight is 308 g/mol. The van der Waals surface area contributed by atoms with Gasteiger partial charge in [0.1, 0.15) is 0 Å². The molecule has 116 valence electrons. The number of para-hydroxylation sites is 1. The number of alkyl halides is 3. The molecule has 0 heterocycles. The van der Waals surface area contributed by atoms with Gasteiger partial charge in [0.2, 0.25) is 5.91 Å². The molecule has 0 aromatic heterocycles. The van der Waals surface area contributed by atoms with Gasteiger partial charge >= 0.3 is 6.18 Å². The highest BCUT2D eigenvalue weighted by molar-refractivity contribution is 5.81. The van der Waals surface area contributed by atoms with E-state index >= 15 is 0 Å². The fourth-order valence-corrected chi connectivity index (χ4v) is 1.92. The van der Waals surface area contributed by atoms with Crippen molar-refractivity contribution in [1.29, 1.82) is 0 Å². The molecule has 2 aromatic carbocycles. The van der Waals surface area contributed by atoms with Crippen molar-refractivity contribution in [2.45, 2.75) is 12.7 Å². The van der Waals surface area contributed by atoms with Gasteiger partial charge in [-0.15, -0.1) is 0 Å². The van der Waals surface area contributed by atoms with Gasteiger partial charge in [0.25, 0.3) is 0 Å². The zero-order chi connectivity index (χ0) is 16.0. The van der Waals surface area contributed by atoms with Gasteiger partial charge in [-0.25, -0.2) is 0 Å². The summed E-state index contributed by atoms with van der Waals surface area (Å²) in [6.45, 7) is 0.113. The number of amides is 1. The highest BCUT2D eigenvalue weighted by Crippen LogP contribution is 2.34. The molecule has 0 aliphatic rings. The zero-order valence-electron chi connectivity index (χ0n) is 11.7. The SMILES string of the molecule is O=C(CNc1ccccc1C(F)(F)F)NCc1ccccc1. The monoisotopic (exact) mass is 308 g/mol. The average Bonchev–Trinajstić information content (AvgIpc) is 2.51. The minimum atomic E-state index is -4.45. The lowest BCUT2D eigenvalue weighted by Crippen LogP contribution is -2.29. The molecule has 0 unspecified atom stereocenters. The molecule has 0 saturated heterocycles. The first-order valence-electron chi connectivity index (χ1n) is 6.67. The zero-order valence-corrected chi connectivity index (χ0v) is 11.7. The van der Waals surface area contributed by atoms with Crippen molar-refractivity contribution in [2.24, 2.45) is 0 Å². The van der Waals surface area contributed by atoms with E-state index in [4.69, 9.17) is 0 Å². The van der Waals surface area contributed by atoms with Gasteiger partial charge in [-0.1, -0.05) is 42.5 Å². The molecule has 0 spiro atoms. The molecule has 0 atom stereocenters. The first-order chi connectivity index (χ1) is 10.5. The topological polar surface area (TPSA) is 41.1 Å². The van der Waals surface area contributed by atoms with Crippen molar-refractivity contribution in [3.63, 3.8) is 0 Å². The first kappa shape index (κ1) is 15.9. The summed E-state index contributed by atoms with van der Waals surface area (Å²) in [5, 5.41) is 5.17. The van der Waals surface area contributed by atoms with Crippen molar-refractivity contribution in [3.05, 3.63) is 65.7 Å². The second kappa shape index (κ2) is 6.98. The summed E-state index contributed by atoms with van der Waals surface area (Å²) in [6.07, 6.45) is -4.45. The molecular formula is C16H15F3N2O. The number of rotatable bonds is 5. The van der Waals surface area contributed by atoms with Crippen LogP contribution < -0.4 is 10.6 Å². The molecule has 0 aliphatic carbocycles. The largest absolute Gasteiger partial charge is 0.418 e. The second-order valence-corrected chi connectivity index (χ2v) is 4.66. The van der Waals surface area contributed by atoms with E-state index in [1.54, 1.807) is 0 Å². The Bertz CT molecular complexity index is 627. The predicted octanol–water partition coefficient (Wildman–Crippen LogP) is 3.43. The van der Waals surface area contributed by atoms with Crippen molar-refractivity contribution >= 4 is 11.6 Å². The molecule has 0 aliphatic heterocycles. The highest BCUT2D eigenvalue weighted by atomic mass is 19.4. The minimum Gasteiger partial charge on any atom is -0.376 e. The van der Waals surface area contributed by atoms with Crippen LogP contribution >= 0.6 is 0 Å². The van der Waals surface area contributed by atoms with Crippen LogP contribution in [0, 0.1) is 0 Å². The lowest BCUT2D eigenvalue weighted by atomic mass is 10.1. The minimum absolute atomic E-state index is 0.107. The molecular weight excluding hydrogens is 293 g/mol. The van der Waals surface area contributed by atoms with Gasteiger partial charge in [-0.3, -0.25) is 4.79 Å². The smallest absolute Gasteiger partial charge is 0.376 e. The molecule has 0 fully saturated rings. The number of nitrogens with one attached hydrogen (secondary N) is 2. The molecule has 0 bridgehead atoms. The van der Waals surface area contributed by atoms with Crippen LogP contribution in [0.4, 0.5) is 18.9 Å². The summed E-state index contributed by atoms with van der Waals surface area (Å²) in [5.41, 5.74) is 0.0299. The van der Waals surface area contributed by atoms with Crippen LogP contribution in [0.3, 0.4) is 0 Å². The third kappa shape index (κ3) is 4.51. The van der Waals surface area contributed by atoms with Crippen LogP contribution in [0.2, 0.25) is 0 Å². The molecule has 1 amide bonds. The number of anilines is 1. The lowest BCUT2D eigenvalue weighted by Gasteiger charge is -2.14. The summed E-state index contributed by atoms with van der Waals surface area (Å²) in [5.74, 6) is -0.374. The number of halogens is 3. The van der Waals surface area contributed by atoms with E-state index < -0.39 is 11.7 Å². The molecule has 22 heavy (non-hydrogen) atoms. The molecule has 3 nitrogen and oxygen atoms in total. The highest BCUT2D eigenvalue weighted by Gasteiger charge is 2.33. The molecule has 0 radical (unpaired) electrons. The summed E-state index contributed by atoms with van der Waals surface area (Å²) in [7, 11) is 0. The van der Waals surface area contributed by atoms with Crippen LogP contribution in [0.25, 0.3) is 0 Å². The van der Waals surface area contributed by atoms with Crippen LogP contribution in [0.15, 0.2) is 54.6 Å². The normalized spacial score (nSPS) is 11.0. The predicted molar refractivity (Wildman–Crippen MR) is 78.2 cm³/mol. The van der Waals surface area contributed by atoms with Crippen LogP contribution in [0.5, 0.6) is 0 Å². The van der Waals surface area contributed by atoms with E-state index in [0.29, 0.717) is 6.54 Å². The summed E-state index contributed by atoms with van der Waals surface area (Å²) < 4.78 is 38.4. The number of carbonyl (C=O) groups is 1. The summed E-state index contributed by atoms with van der Waals surface area (Å²) >= 11 is 0. The maximum atomic E-state index is 12.8. The van der Waals surface area contributed by atoms with Crippen molar-refractivity contribution in [2.75, 3.05) is 11.9 Å². The third-order valence-electron chi connectivity index (χ3n) is 3.00. The van der Waals surface area contributed by atoms with Gasteiger partial charge in [-0.05, 0) is 17.7 Å². The molecule has 2 rings (SSSR count). The maximum Gasteiger partial charge on any atom is 0.418 e. The van der Waals surface area contributed by atoms with E-state index in [9.17, 15) is 18.0 Å². The standard InChI is InChI=1S/C16H15F3N2O/c17-16(18,19)13-8-4-5-9-14(13)20-11-15(22)21-10-12-6-2-1-3-7-12/h1-9,20H,10-11H2,(H,21,22). The van der Waals surface area contributed by atoms with Gasteiger partial charge in [-0.2, -0.15) is 13.2 Å². The van der Waals surface area contributed by atoms with E-state index in [-0.39, 0.29) is 18.1 Å². The second-order valence-electron chi connectivity index (χ2n) is 4.66. The molecule has 2 aromatic rings. The van der Waals surface area contributed by atoms with E-state index in [0.717, 1.165) is 11.6 Å². The van der Waals surface area contributed by atoms with E-state index in [1.165, 1.54) is 18.2 Å². The maximum absolute atomic E-state index is 12.8. The number of hydrogen-bond acceptors (Lipinski definition) is 2. The fourth-order valence-electron chi connectivity index (χ4n) is 1.92. The summed E-state index contributed by atoms with van der Waals surface area (Å²) in [4.78, 5) is 11.7. The van der Waals surface area contributed by atoms with Crippen LogP contribution in [0.1, 0.15) is 11.1 Å². The Hall–Kier alpha value is -2.50. The third-order valence-corrected chi connectivity index (χ3v) is 3.00. The van der Waals surface area contributed by atoms with Gasteiger partial charge in [0, 0.05) is 12.2 Å². The number of benzene rings is 2. The van der Waals surface area contributed by atoms with E-state index in [1.807, 2.05) is 30.3 Å². The van der Waals surface area contributed by atoms with Gasteiger partial charge in [0.15, 0.2) is 0 Å². The number of carbonyl (C=O) groups excluding carboxylic acids is 1. The van der Waals surface area contributed by atoms with Crippen molar-refractivity contribution in [1.82, 2.24) is 5.32 Å². The Morgan fingerprint density at radius 1 is 0.955 bits per heavy atom. The fraction of sp³-hybridized carbons (Fsp3) is 0.188. The van der Waals surface area contributed by atoms with Crippen LogP contribution in [-0.2, 0) is 17.5 Å². The molecule has 0 saturated carbocycles. The Labute approximate surface area is 126 Å². The Morgan fingerprint density at radius 2 is 1.59 bits per heavy atom. The number of hydrogen-bond donors (Lipinski definition) is 2.